The first-order valence-corrected chi connectivity index (χ1v) is 7.40. The topological polar surface area (TPSA) is 41.1 Å². The van der Waals surface area contributed by atoms with E-state index in [2.05, 4.69) is 32.5 Å². The monoisotopic (exact) mass is 360 g/mol. The van der Waals surface area contributed by atoms with Crippen LogP contribution >= 0.6 is 15.9 Å². The third-order valence-electron chi connectivity index (χ3n) is 3.01. The largest absolute Gasteiger partial charge is 0.330 e. The number of hydrogen-bond acceptors (Lipinski definition) is 1. The number of amides is 2. The fraction of sp³-hybridized carbons (Fsp3) is 0.118. The molecule has 0 aliphatic heterocycles. The summed E-state index contributed by atoms with van der Waals surface area (Å²) < 4.78 is 13.5. The van der Waals surface area contributed by atoms with Crippen LogP contribution in [0.4, 0.5) is 14.9 Å². The van der Waals surface area contributed by atoms with Gasteiger partial charge in [0.05, 0.1) is 11.7 Å². The second-order valence-corrected chi connectivity index (χ2v) is 5.45. The molecule has 0 fully saturated rings. The van der Waals surface area contributed by atoms with Gasteiger partial charge in [-0.2, -0.15) is 0 Å². The molecule has 0 bridgehead atoms. The summed E-state index contributed by atoms with van der Waals surface area (Å²) in [6.45, 7) is 0. The van der Waals surface area contributed by atoms with Gasteiger partial charge in [-0.15, -0.1) is 12.3 Å². The fourth-order valence-corrected chi connectivity index (χ4v) is 2.41. The number of halogens is 2. The zero-order valence-corrected chi connectivity index (χ0v) is 13.2. The van der Waals surface area contributed by atoms with Gasteiger partial charge in [-0.25, -0.2) is 9.18 Å². The van der Waals surface area contributed by atoms with E-state index in [1.54, 1.807) is 0 Å². The second kappa shape index (κ2) is 7.62. The Hall–Kier alpha value is -2.32. The third kappa shape index (κ3) is 4.34. The highest BCUT2D eigenvalue weighted by Gasteiger charge is 2.14. The second-order valence-electron chi connectivity index (χ2n) is 4.59. The third-order valence-corrected chi connectivity index (χ3v) is 3.66. The number of urea groups is 1. The standard InChI is InChI=1S/C17H14BrFN2O/c1-2-6-15(12-7-4-3-5-8-12)20-17(22)21-16-10-9-13(19)11-14(16)18/h1,3-5,7-11,15H,6H2,(H2,20,21,22)/t15-/m0/s1. The van der Waals surface area contributed by atoms with E-state index in [9.17, 15) is 9.18 Å². The zero-order chi connectivity index (χ0) is 15.9. The summed E-state index contributed by atoms with van der Waals surface area (Å²) in [5, 5.41) is 5.48. The normalized spacial score (nSPS) is 11.3. The maximum atomic E-state index is 13.0. The first-order chi connectivity index (χ1) is 10.6. The Balaban J connectivity index is 2.07. The van der Waals surface area contributed by atoms with Crippen LogP contribution in [0.25, 0.3) is 0 Å². The first-order valence-electron chi connectivity index (χ1n) is 6.61. The van der Waals surface area contributed by atoms with E-state index in [0.29, 0.717) is 16.6 Å². The van der Waals surface area contributed by atoms with Crippen LogP contribution in [0.5, 0.6) is 0 Å². The Morgan fingerprint density at radius 3 is 2.64 bits per heavy atom. The number of anilines is 1. The number of nitrogens with one attached hydrogen (secondary N) is 2. The minimum Gasteiger partial charge on any atom is -0.330 e. The summed E-state index contributed by atoms with van der Waals surface area (Å²) in [6.07, 6.45) is 5.74. The number of carbonyl (C=O) groups excluding carboxylic acids is 1. The van der Waals surface area contributed by atoms with Crippen molar-refractivity contribution in [1.29, 1.82) is 0 Å². The molecule has 0 unspecified atom stereocenters. The van der Waals surface area contributed by atoms with Crippen molar-refractivity contribution in [3.63, 3.8) is 0 Å². The van der Waals surface area contributed by atoms with Gasteiger partial charge >= 0.3 is 6.03 Å². The first kappa shape index (κ1) is 16.1. The van der Waals surface area contributed by atoms with Crippen molar-refractivity contribution in [1.82, 2.24) is 5.32 Å². The maximum absolute atomic E-state index is 13.0. The molecule has 0 aliphatic carbocycles. The summed E-state index contributed by atoms with van der Waals surface area (Å²) >= 11 is 3.20. The van der Waals surface area contributed by atoms with Gasteiger partial charge in [0.25, 0.3) is 0 Å². The molecule has 0 heterocycles. The smallest absolute Gasteiger partial charge is 0.319 e. The highest BCUT2D eigenvalue weighted by molar-refractivity contribution is 9.10. The van der Waals surface area contributed by atoms with Crippen molar-refractivity contribution < 1.29 is 9.18 Å². The summed E-state index contributed by atoms with van der Waals surface area (Å²) in [4.78, 5) is 12.1. The Morgan fingerprint density at radius 1 is 1.27 bits per heavy atom. The minimum absolute atomic E-state index is 0.287. The zero-order valence-electron chi connectivity index (χ0n) is 11.6. The van der Waals surface area contributed by atoms with Gasteiger partial charge in [0, 0.05) is 10.9 Å². The number of benzene rings is 2. The molecule has 1 atom stereocenters. The average molecular weight is 361 g/mol. The van der Waals surface area contributed by atoms with Crippen LogP contribution < -0.4 is 10.6 Å². The van der Waals surface area contributed by atoms with Crippen LogP contribution in [0.3, 0.4) is 0 Å². The number of carbonyl (C=O) groups is 1. The quantitative estimate of drug-likeness (QED) is 0.775. The maximum Gasteiger partial charge on any atom is 0.319 e. The lowest BCUT2D eigenvalue weighted by Gasteiger charge is -2.18. The Bertz CT molecular complexity index is 698. The Labute approximate surface area is 137 Å². The predicted octanol–water partition coefficient (Wildman–Crippen LogP) is 4.47. The van der Waals surface area contributed by atoms with Crippen LogP contribution in [0, 0.1) is 18.2 Å². The molecule has 2 aromatic carbocycles. The Morgan fingerprint density at radius 2 is 2.00 bits per heavy atom. The number of hydrogen-bond donors (Lipinski definition) is 2. The van der Waals surface area contributed by atoms with Crippen molar-refractivity contribution in [2.75, 3.05) is 5.32 Å². The van der Waals surface area contributed by atoms with Crippen molar-refractivity contribution in [3.8, 4) is 12.3 Å². The van der Waals surface area contributed by atoms with E-state index in [-0.39, 0.29) is 11.9 Å². The van der Waals surface area contributed by atoms with Crippen LogP contribution in [0.1, 0.15) is 18.0 Å². The molecule has 0 aliphatic rings. The van der Waals surface area contributed by atoms with Crippen LogP contribution in [-0.4, -0.2) is 6.03 Å². The molecule has 22 heavy (non-hydrogen) atoms. The highest BCUT2D eigenvalue weighted by Crippen LogP contribution is 2.23. The van der Waals surface area contributed by atoms with E-state index >= 15 is 0 Å². The number of rotatable bonds is 4. The molecule has 0 radical (unpaired) electrons. The Kier molecular flexibility index (Phi) is 5.56. The van der Waals surface area contributed by atoms with Gasteiger partial charge in [-0.3, -0.25) is 0 Å². The molecular weight excluding hydrogens is 347 g/mol. The average Bonchev–Trinajstić information content (AvgIpc) is 2.50. The lowest BCUT2D eigenvalue weighted by atomic mass is 10.0. The van der Waals surface area contributed by atoms with Crippen molar-refractivity contribution >= 4 is 27.6 Å². The molecule has 2 rings (SSSR count). The van der Waals surface area contributed by atoms with Gasteiger partial charge in [0.15, 0.2) is 0 Å². The lowest BCUT2D eigenvalue weighted by molar-refractivity contribution is 0.248. The molecule has 5 heteroatoms. The lowest BCUT2D eigenvalue weighted by Crippen LogP contribution is -2.32. The molecule has 0 saturated carbocycles. The summed E-state index contributed by atoms with van der Waals surface area (Å²) in [5.74, 6) is 2.17. The minimum atomic E-state index is -0.406. The summed E-state index contributed by atoms with van der Waals surface area (Å²) in [6, 6.07) is 12.8. The van der Waals surface area contributed by atoms with Crippen LogP contribution in [0.2, 0.25) is 0 Å². The molecule has 112 valence electrons. The SMILES string of the molecule is C#CC[C@H](NC(=O)Nc1ccc(F)cc1Br)c1ccccc1. The van der Waals surface area contributed by atoms with E-state index in [1.807, 2.05) is 30.3 Å². The van der Waals surface area contributed by atoms with Crippen molar-refractivity contribution in [3.05, 3.63) is 64.4 Å². The van der Waals surface area contributed by atoms with Gasteiger partial charge in [0.2, 0.25) is 0 Å². The molecule has 0 spiro atoms. The fourth-order valence-electron chi connectivity index (χ4n) is 1.96. The van der Waals surface area contributed by atoms with Gasteiger partial charge in [-0.1, -0.05) is 30.3 Å². The van der Waals surface area contributed by atoms with Gasteiger partial charge in [0.1, 0.15) is 5.82 Å². The molecule has 2 amide bonds. The molecule has 2 N–H and O–H groups in total. The van der Waals surface area contributed by atoms with Crippen LogP contribution in [0.15, 0.2) is 53.0 Å². The molecule has 3 nitrogen and oxygen atoms in total. The van der Waals surface area contributed by atoms with E-state index in [0.717, 1.165) is 5.56 Å². The van der Waals surface area contributed by atoms with Gasteiger partial charge in [-0.05, 0) is 39.7 Å². The van der Waals surface area contributed by atoms with E-state index < -0.39 is 6.03 Å². The number of terminal acetylenes is 1. The molecule has 2 aromatic rings. The summed E-state index contributed by atoms with van der Waals surface area (Å²) in [7, 11) is 0. The van der Waals surface area contributed by atoms with Crippen molar-refractivity contribution in [2.24, 2.45) is 0 Å². The van der Waals surface area contributed by atoms with Gasteiger partial charge < -0.3 is 10.6 Å². The highest BCUT2D eigenvalue weighted by atomic mass is 79.9. The molecular formula is C17H14BrFN2O. The summed E-state index contributed by atoms with van der Waals surface area (Å²) in [5.41, 5.74) is 1.40. The van der Waals surface area contributed by atoms with E-state index in [4.69, 9.17) is 6.42 Å². The van der Waals surface area contributed by atoms with E-state index in [1.165, 1.54) is 18.2 Å². The predicted molar refractivity (Wildman–Crippen MR) is 88.9 cm³/mol. The molecule has 0 aromatic heterocycles. The molecule has 0 saturated heterocycles. The van der Waals surface area contributed by atoms with Crippen molar-refractivity contribution in [2.45, 2.75) is 12.5 Å². The van der Waals surface area contributed by atoms with Crippen LogP contribution in [-0.2, 0) is 0 Å².